The van der Waals surface area contributed by atoms with Gasteiger partial charge in [0.05, 0.1) is 12.6 Å². The molecule has 2 aromatic carbocycles. The molecule has 1 atom stereocenters. The van der Waals surface area contributed by atoms with Crippen molar-refractivity contribution in [2.75, 3.05) is 13.6 Å². The third-order valence-electron chi connectivity index (χ3n) is 5.20. The first-order valence-electron chi connectivity index (χ1n) is 10.5. The van der Waals surface area contributed by atoms with Crippen molar-refractivity contribution in [2.45, 2.75) is 19.1 Å². The second-order valence-corrected chi connectivity index (χ2v) is 7.75. The van der Waals surface area contributed by atoms with Crippen molar-refractivity contribution in [2.24, 2.45) is 4.99 Å². The predicted molar refractivity (Wildman–Crippen MR) is 143 cm³/mol. The zero-order valence-electron chi connectivity index (χ0n) is 18.3. The number of nitrogens with one attached hydrogen (secondary N) is 2. The number of hydrogen-bond acceptors (Lipinski definition) is 3. The molecule has 9 heteroatoms. The molecule has 172 valence electrons. The molecule has 0 radical (unpaired) electrons. The van der Waals surface area contributed by atoms with Crippen LogP contribution in [0.3, 0.4) is 0 Å². The Kier molecular flexibility index (Phi) is 9.32. The molecular weight excluding hydrogens is 549 g/mol. The van der Waals surface area contributed by atoms with Gasteiger partial charge in [-0.1, -0.05) is 54.1 Å². The van der Waals surface area contributed by atoms with Gasteiger partial charge in [-0.25, -0.2) is 4.98 Å². The number of hydrogen-bond donors (Lipinski definition) is 2. The fraction of sp³-hybridized carbons (Fsp3) is 0.208. The van der Waals surface area contributed by atoms with Crippen molar-refractivity contribution < 1.29 is 0 Å². The Morgan fingerprint density at radius 1 is 1.00 bits per heavy atom. The summed E-state index contributed by atoms with van der Waals surface area (Å²) in [5, 5.41) is 11.9. The predicted octanol–water partition coefficient (Wildman–Crippen LogP) is 4.35. The zero-order chi connectivity index (χ0) is 22.2. The second kappa shape index (κ2) is 12.4. The van der Waals surface area contributed by atoms with Crippen molar-refractivity contribution in [1.82, 2.24) is 30.0 Å². The van der Waals surface area contributed by atoms with E-state index in [1.807, 2.05) is 71.8 Å². The third-order valence-corrected chi connectivity index (χ3v) is 5.45. The summed E-state index contributed by atoms with van der Waals surface area (Å²) >= 11 is 6.07. The van der Waals surface area contributed by atoms with Crippen molar-refractivity contribution in [3.05, 3.63) is 107 Å². The van der Waals surface area contributed by atoms with Gasteiger partial charge in [0.2, 0.25) is 0 Å². The highest BCUT2D eigenvalue weighted by molar-refractivity contribution is 14.0. The number of aliphatic imine (C=N–C) groups is 1. The van der Waals surface area contributed by atoms with E-state index in [1.54, 1.807) is 13.2 Å². The van der Waals surface area contributed by atoms with Crippen LogP contribution >= 0.6 is 35.6 Å². The molecule has 0 spiro atoms. The van der Waals surface area contributed by atoms with Crippen molar-refractivity contribution >= 4 is 41.5 Å². The van der Waals surface area contributed by atoms with E-state index < -0.39 is 0 Å². The lowest BCUT2D eigenvalue weighted by atomic mass is 10.1. The summed E-state index contributed by atoms with van der Waals surface area (Å²) in [6.07, 6.45) is 7.55. The first-order chi connectivity index (χ1) is 15.7. The van der Waals surface area contributed by atoms with Crippen LogP contribution in [0.5, 0.6) is 0 Å². The molecule has 2 N–H and O–H groups in total. The normalized spacial score (nSPS) is 12.1. The lowest BCUT2D eigenvalue weighted by Gasteiger charge is -2.21. The number of benzene rings is 2. The number of guanidine groups is 1. The first kappa shape index (κ1) is 24.8. The molecule has 0 fully saturated rings. The molecule has 0 amide bonds. The van der Waals surface area contributed by atoms with Gasteiger partial charge in [-0.3, -0.25) is 9.67 Å². The van der Waals surface area contributed by atoms with Crippen LogP contribution in [0.1, 0.15) is 23.0 Å². The Hall–Kier alpha value is -2.85. The van der Waals surface area contributed by atoms with Crippen LogP contribution in [0.4, 0.5) is 0 Å². The highest BCUT2D eigenvalue weighted by atomic mass is 127. The van der Waals surface area contributed by atoms with Crippen LogP contribution in [0, 0.1) is 0 Å². The maximum atomic E-state index is 6.07. The van der Waals surface area contributed by atoms with E-state index >= 15 is 0 Å². The quantitative estimate of drug-likeness (QED) is 0.186. The van der Waals surface area contributed by atoms with Crippen LogP contribution in [-0.2, 0) is 13.1 Å². The molecule has 7 nitrogen and oxygen atoms in total. The number of rotatable bonds is 8. The van der Waals surface area contributed by atoms with Gasteiger partial charge in [0.15, 0.2) is 5.96 Å². The molecule has 0 aliphatic heterocycles. The summed E-state index contributed by atoms with van der Waals surface area (Å²) in [5.74, 6) is 1.64. The van der Waals surface area contributed by atoms with Gasteiger partial charge in [0, 0.05) is 49.9 Å². The highest BCUT2D eigenvalue weighted by Crippen LogP contribution is 2.19. The van der Waals surface area contributed by atoms with Crippen LogP contribution < -0.4 is 10.6 Å². The van der Waals surface area contributed by atoms with E-state index in [4.69, 9.17) is 11.6 Å². The Morgan fingerprint density at radius 2 is 1.79 bits per heavy atom. The second-order valence-electron chi connectivity index (χ2n) is 7.32. The first-order valence-corrected chi connectivity index (χ1v) is 10.8. The van der Waals surface area contributed by atoms with Crippen molar-refractivity contribution in [1.29, 1.82) is 0 Å². The van der Waals surface area contributed by atoms with E-state index in [1.165, 1.54) is 5.56 Å². The lowest BCUT2D eigenvalue weighted by Crippen LogP contribution is -2.40. The molecule has 2 heterocycles. The van der Waals surface area contributed by atoms with Gasteiger partial charge >= 0.3 is 0 Å². The number of imidazole rings is 1. The molecule has 0 saturated carbocycles. The molecule has 0 aliphatic rings. The topological polar surface area (TPSA) is 72.1 Å². The van der Waals surface area contributed by atoms with Gasteiger partial charge < -0.3 is 15.2 Å². The Labute approximate surface area is 215 Å². The van der Waals surface area contributed by atoms with E-state index in [9.17, 15) is 0 Å². The lowest BCUT2D eigenvalue weighted by molar-refractivity contribution is 0.510. The molecule has 4 rings (SSSR count). The van der Waals surface area contributed by atoms with E-state index in [0.717, 1.165) is 17.9 Å². The number of halogens is 2. The minimum Gasteiger partial charge on any atom is -0.354 e. The van der Waals surface area contributed by atoms with Crippen molar-refractivity contribution in [3.63, 3.8) is 0 Å². The smallest absolute Gasteiger partial charge is 0.191 e. The molecule has 2 aromatic heterocycles. The van der Waals surface area contributed by atoms with Crippen LogP contribution in [-0.4, -0.2) is 38.9 Å². The largest absolute Gasteiger partial charge is 0.354 e. The number of nitrogens with zero attached hydrogens (tertiary/aromatic N) is 5. The average molecular weight is 576 g/mol. The van der Waals surface area contributed by atoms with Gasteiger partial charge in [0.25, 0.3) is 0 Å². The minimum atomic E-state index is 0. The maximum Gasteiger partial charge on any atom is 0.191 e. The number of aromatic nitrogens is 4. The molecule has 0 saturated heterocycles. The maximum absolute atomic E-state index is 6.07. The van der Waals surface area contributed by atoms with Gasteiger partial charge in [-0.2, -0.15) is 5.10 Å². The van der Waals surface area contributed by atoms with Crippen LogP contribution in [0.15, 0.2) is 90.4 Å². The molecule has 0 aliphatic carbocycles. The molecular formula is C24H27ClIN7. The molecule has 4 aromatic rings. The Bertz CT molecular complexity index is 1130. The van der Waals surface area contributed by atoms with Gasteiger partial charge in [-0.05, 0) is 29.3 Å². The molecule has 0 bridgehead atoms. The summed E-state index contributed by atoms with van der Waals surface area (Å²) < 4.78 is 4.06. The van der Waals surface area contributed by atoms with Gasteiger partial charge in [0.1, 0.15) is 5.82 Å². The molecule has 33 heavy (non-hydrogen) atoms. The van der Waals surface area contributed by atoms with Crippen LogP contribution in [0.25, 0.3) is 0 Å². The zero-order valence-corrected chi connectivity index (χ0v) is 21.4. The minimum absolute atomic E-state index is 0. The summed E-state index contributed by atoms with van der Waals surface area (Å²) in [7, 11) is 1.76. The highest BCUT2D eigenvalue weighted by Gasteiger charge is 2.15. The Morgan fingerprint density at radius 3 is 2.48 bits per heavy atom. The van der Waals surface area contributed by atoms with E-state index in [0.29, 0.717) is 24.1 Å². The van der Waals surface area contributed by atoms with Crippen LogP contribution in [0.2, 0.25) is 5.02 Å². The fourth-order valence-corrected chi connectivity index (χ4v) is 3.65. The van der Waals surface area contributed by atoms with Crippen molar-refractivity contribution in [3.8, 4) is 0 Å². The average Bonchev–Trinajstić information content (AvgIpc) is 3.50. The summed E-state index contributed by atoms with van der Waals surface area (Å²) in [6, 6.07) is 20.1. The standard InChI is InChI=1S/C24H26ClN7.HI/c1-26-24(29-17-23-27-13-15-31(23)18-19-6-3-2-4-7-19)28-16-22(32-14-5-12-30-32)20-8-10-21(25)11-9-20;/h2-15,22H,16-18H2,1H3,(H2,26,28,29);1H. The monoisotopic (exact) mass is 575 g/mol. The van der Waals surface area contributed by atoms with E-state index in [2.05, 4.69) is 42.4 Å². The summed E-state index contributed by atoms with van der Waals surface area (Å²) in [5.41, 5.74) is 2.35. The SMILES string of the molecule is CN=C(NCc1nccn1Cc1ccccc1)NCC(c1ccc(Cl)cc1)n1cccn1.I. The summed E-state index contributed by atoms with van der Waals surface area (Å²) in [4.78, 5) is 8.87. The Balaban J connectivity index is 0.00000306. The van der Waals surface area contributed by atoms with E-state index in [-0.39, 0.29) is 30.0 Å². The third kappa shape index (κ3) is 6.82. The summed E-state index contributed by atoms with van der Waals surface area (Å²) in [6.45, 7) is 1.95. The molecule has 1 unspecified atom stereocenters. The fourth-order valence-electron chi connectivity index (χ4n) is 3.52. The van der Waals surface area contributed by atoms with Gasteiger partial charge in [-0.15, -0.1) is 24.0 Å².